The van der Waals surface area contributed by atoms with E-state index < -0.39 is 0 Å². The minimum Gasteiger partial charge on any atom is -0.449 e. The van der Waals surface area contributed by atoms with Gasteiger partial charge < -0.3 is 15.8 Å². The molecule has 0 saturated carbocycles. The highest BCUT2D eigenvalue weighted by atomic mass is 16.5. The zero-order chi connectivity index (χ0) is 13.4. The number of carbonyl (C=O) groups is 1. The third-order valence-electron chi connectivity index (χ3n) is 2.50. The average Bonchev–Trinajstić information content (AvgIpc) is 2.37. The lowest BCUT2D eigenvalue weighted by Gasteiger charge is -2.13. The van der Waals surface area contributed by atoms with Gasteiger partial charge in [-0.05, 0) is 17.9 Å². The van der Waals surface area contributed by atoms with Crippen LogP contribution >= 0.6 is 0 Å². The number of hydrogen-bond donors (Lipinski definition) is 2. The summed E-state index contributed by atoms with van der Waals surface area (Å²) in [4.78, 5) is 11.3. The highest BCUT2D eigenvalue weighted by molar-refractivity contribution is 5.67. The number of ether oxygens (including phenoxy) is 1. The molecule has 0 radical (unpaired) electrons. The van der Waals surface area contributed by atoms with Gasteiger partial charge in [-0.15, -0.1) is 0 Å². The van der Waals surface area contributed by atoms with E-state index in [1.54, 1.807) is 0 Å². The summed E-state index contributed by atoms with van der Waals surface area (Å²) in [6.45, 7) is 4.96. The van der Waals surface area contributed by atoms with E-state index >= 15 is 0 Å². The van der Waals surface area contributed by atoms with Gasteiger partial charge in [0.25, 0.3) is 0 Å². The lowest BCUT2D eigenvalue weighted by molar-refractivity contribution is 0.133. The predicted molar refractivity (Wildman–Crippen MR) is 72.2 cm³/mol. The largest absolute Gasteiger partial charge is 0.449 e. The quantitative estimate of drug-likeness (QED) is 0.815. The van der Waals surface area contributed by atoms with Gasteiger partial charge in [-0.25, -0.2) is 4.79 Å². The Morgan fingerprint density at radius 1 is 1.33 bits per heavy atom. The number of rotatable bonds is 6. The molecule has 0 spiro atoms. The van der Waals surface area contributed by atoms with E-state index in [4.69, 9.17) is 10.5 Å². The van der Waals surface area contributed by atoms with Crippen molar-refractivity contribution >= 4 is 6.09 Å². The van der Waals surface area contributed by atoms with Crippen molar-refractivity contribution in [3.63, 3.8) is 0 Å². The first-order chi connectivity index (χ1) is 8.59. The lowest BCUT2D eigenvalue weighted by atomic mass is 10.1. The monoisotopic (exact) mass is 250 g/mol. The maximum Gasteiger partial charge on any atom is 0.407 e. The standard InChI is InChI=1S/C14H22N2O2/c1-11(2)10-18-14(17)16-9-8-13(15)12-6-4-3-5-7-12/h3-7,11,13H,8-10,15H2,1-2H3,(H,16,17). The van der Waals surface area contributed by atoms with Crippen LogP contribution in [0.3, 0.4) is 0 Å². The van der Waals surface area contributed by atoms with Crippen molar-refractivity contribution in [2.24, 2.45) is 11.7 Å². The Morgan fingerprint density at radius 3 is 2.61 bits per heavy atom. The molecule has 0 bridgehead atoms. The summed E-state index contributed by atoms with van der Waals surface area (Å²) in [5.41, 5.74) is 7.09. The van der Waals surface area contributed by atoms with Gasteiger partial charge in [-0.1, -0.05) is 44.2 Å². The highest BCUT2D eigenvalue weighted by Crippen LogP contribution is 2.12. The SMILES string of the molecule is CC(C)COC(=O)NCCC(N)c1ccccc1. The van der Waals surface area contributed by atoms with Crippen LogP contribution in [0.25, 0.3) is 0 Å². The molecule has 1 aromatic rings. The van der Waals surface area contributed by atoms with Crippen LogP contribution in [0.5, 0.6) is 0 Å². The summed E-state index contributed by atoms with van der Waals surface area (Å²) < 4.78 is 5.00. The van der Waals surface area contributed by atoms with Gasteiger partial charge in [-0.2, -0.15) is 0 Å². The number of alkyl carbamates (subject to hydrolysis) is 1. The van der Waals surface area contributed by atoms with Gasteiger partial charge >= 0.3 is 6.09 Å². The molecule has 4 heteroatoms. The molecule has 0 saturated heterocycles. The molecule has 1 amide bonds. The molecule has 0 aliphatic carbocycles. The minimum atomic E-state index is -0.371. The number of benzene rings is 1. The first-order valence-electron chi connectivity index (χ1n) is 6.30. The van der Waals surface area contributed by atoms with Gasteiger partial charge in [0.15, 0.2) is 0 Å². The Balaban J connectivity index is 2.19. The number of nitrogens with two attached hydrogens (primary N) is 1. The Morgan fingerprint density at radius 2 is 2.00 bits per heavy atom. The maximum atomic E-state index is 11.3. The fraction of sp³-hybridized carbons (Fsp3) is 0.500. The summed E-state index contributed by atoms with van der Waals surface area (Å²) in [6, 6.07) is 9.79. The second-order valence-electron chi connectivity index (χ2n) is 4.72. The molecule has 0 aliphatic rings. The van der Waals surface area contributed by atoms with Crippen molar-refractivity contribution in [3.8, 4) is 0 Å². The van der Waals surface area contributed by atoms with Crippen molar-refractivity contribution in [2.75, 3.05) is 13.2 Å². The molecule has 0 aromatic heterocycles. The molecule has 0 aliphatic heterocycles. The van der Waals surface area contributed by atoms with Crippen molar-refractivity contribution < 1.29 is 9.53 Å². The van der Waals surface area contributed by atoms with E-state index in [0.29, 0.717) is 25.5 Å². The van der Waals surface area contributed by atoms with Crippen LogP contribution in [0.15, 0.2) is 30.3 Å². The molecule has 4 nitrogen and oxygen atoms in total. The third-order valence-corrected chi connectivity index (χ3v) is 2.50. The van der Waals surface area contributed by atoms with E-state index in [1.165, 1.54) is 0 Å². The third kappa shape index (κ3) is 5.68. The normalized spacial score (nSPS) is 12.2. The van der Waals surface area contributed by atoms with Crippen molar-refractivity contribution in [2.45, 2.75) is 26.3 Å². The number of amides is 1. The smallest absolute Gasteiger partial charge is 0.407 e. The van der Waals surface area contributed by atoms with Crippen molar-refractivity contribution in [3.05, 3.63) is 35.9 Å². The summed E-state index contributed by atoms with van der Waals surface area (Å²) in [5, 5.41) is 2.70. The molecule has 18 heavy (non-hydrogen) atoms. The molecule has 1 unspecified atom stereocenters. The summed E-state index contributed by atoms with van der Waals surface area (Å²) >= 11 is 0. The van der Waals surface area contributed by atoms with Crippen molar-refractivity contribution in [1.29, 1.82) is 0 Å². The van der Waals surface area contributed by atoms with E-state index in [2.05, 4.69) is 5.32 Å². The summed E-state index contributed by atoms with van der Waals surface area (Å²) in [7, 11) is 0. The molecular formula is C14H22N2O2. The van der Waals surface area contributed by atoms with Crippen LogP contribution in [0.2, 0.25) is 0 Å². The van der Waals surface area contributed by atoms with Gasteiger partial charge in [-0.3, -0.25) is 0 Å². The minimum absolute atomic E-state index is 0.0587. The van der Waals surface area contributed by atoms with E-state index in [-0.39, 0.29) is 12.1 Å². The molecular weight excluding hydrogens is 228 g/mol. The molecule has 1 rings (SSSR count). The lowest BCUT2D eigenvalue weighted by Crippen LogP contribution is -2.28. The Hall–Kier alpha value is -1.55. The fourth-order valence-corrected chi connectivity index (χ4v) is 1.49. The van der Waals surface area contributed by atoms with Gasteiger partial charge in [0.2, 0.25) is 0 Å². The van der Waals surface area contributed by atoms with Crippen LogP contribution in [0.4, 0.5) is 4.79 Å². The molecule has 1 aromatic carbocycles. The van der Waals surface area contributed by atoms with Crippen LogP contribution in [-0.2, 0) is 4.74 Å². The zero-order valence-corrected chi connectivity index (χ0v) is 11.1. The first kappa shape index (κ1) is 14.5. The topological polar surface area (TPSA) is 64.3 Å². The summed E-state index contributed by atoms with van der Waals surface area (Å²) in [5.74, 6) is 0.349. The van der Waals surface area contributed by atoms with Gasteiger partial charge in [0.05, 0.1) is 6.61 Å². The van der Waals surface area contributed by atoms with E-state index in [0.717, 1.165) is 5.56 Å². The average molecular weight is 250 g/mol. The molecule has 100 valence electrons. The van der Waals surface area contributed by atoms with Crippen LogP contribution < -0.4 is 11.1 Å². The van der Waals surface area contributed by atoms with Crippen LogP contribution in [0, 0.1) is 5.92 Å². The molecule has 3 N–H and O–H groups in total. The Labute approximate surface area is 109 Å². The first-order valence-corrected chi connectivity index (χ1v) is 6.30. The van der Waals surface area contributed by atoms with Gasteiger partial charge in [0, 0.05) is 12.6 Å². The second kappa shape index (κ2) is 7.71. The molecule has 0 heterocycles. The Kier molecular flexibility index (Phi) is 6.22. The summed E-state index contributed by atoms with van der Waals surface area (Å²) in [6.07, 6.45) is 0.324. The van der Waals surface area contributed by atoms with Crippen LogP contribution in [-0.4, -0.2) is 19.2 Å². The zero-order valence-electron chi connectivity index (χ0n) is 11.1. The fourth-order valence-electron chi connectivity index (χ4n) is 1.49. The van der Waals surface area contributed by atoms with E-state index in [1.807, 2.05) is 44.2 Å². The van der Waals surface area contributed by atoms with Gasteiger partial charge in [0.1, 0.15) is 0 Å². The highest BCUT2D eigenvalue weighted by Gasteiger charge is 2.07. The molecule has 1 atom stereocenters. The molecule has 0 fully saturated rings. The number of hydrogen-bond acceptors (Lipinski definition) is 3. The van der Waals surface area contributed by atoms with E-state index in [9.17, 15) is 4.79 Å². The number of carbonyl (C=O) groups excluding carboxylic acids is 1. The maximum absolute atomic E-state index is 11.3. The van der Waals surface area contributed by atoms with Crippen LogP contribution in [0.1, 0.15) is 31.9 Å². The number of nitrogens with one attached hydrogen (secondary N) is 1. The predicted octanol–water partition coefficient (Wildman–Crippen LogP) is 2.46. The van der Waals surface area contributed by atoms with Crippen molar-refractivity contribution in [1.82, 2.24) is 5.32 Å². The second-order valence-corrected chi connectivity index (χ2v) is 4.72. The Bertz CT molecular complexity index is 352.